The summed E-state index contributed by atoms with van der Waals surface area (Å²) in [6.45, 7) is 0.390. The fourth-order valence-corrected chi connectivity index (χ4v) is 1.14. The van der Waals surface area contributed by atoms with Gasteiger partial charge in [-0.25, -0.2) is 7.91 Å². The molecule has 1 amide bonds. The summed E-state index contributed by atoms with van der Waals surface area (Å²) in [5.41, 5.74) is 0. The maximum absolute atomic E-state index is 10.5. The van der Waals surface area contributed by atoms with Crippen LogP contribution in [0.15, 0.2) is 0 Å². The van der Waals surface area contributed by atoms with Crippen LogP contribution in [0.3, 0.4) is 0 Å². The largest absolute Gasteiger partial charge is 0.441 e. The number of nitrogens with zero attached hydrogens (tertiary/aromatic N) is 1. The minimum atomic E-state index is -0.366. The molecule has 1 heterocycles. The van der Waals surface area contributed by atoms with Crippen LogP contribution in [0.2, 0.25) is 0 Å². The zero-order valence-corrected chi connectivity index (χ0v) is 6.74. The van der Waals surface area contributed by atoms with E-state index in [-0.39, 0.29) is 18.8 Å². The lowest BCUT2D eigenvalue weighted by Crippen LogP contribution is -2.16. The molecule has 5 heteroatoms. The fourth-order valence-electron chi connectivity index (χ4n) is 0.585. The standard InChI is InChI=1S/C4H6INO3/c5-6-1-3(2-7)9-4(6)8/h3,7H,1-2H2/t3-/m0/s1. The zero-order chi connectivity index (χ0) is 6.85. The van der Waals surface area contributed by atoms with E-state index >= 15 is 0 Å². The fraction of sp³-hybridized carbons (Fsp3) is 0.750. The Morgan fingerprint density at radius 3 is 2.89 bits per heavy atom. The average molecular weight is 243 g/mol. The summed E-state index contributed by atoms with van der Waals surface area (Å²) in [6.07, 6.45) is -0.691. The van der Waals surface area contributed by atoms with Gasteiger partial charge in [-0.2, -0.15) is 0 Å². The number of hydrogen-bond acceptors (Lipinski definition) is 3. The van der Waals surface area contributed by atoms with Crippen LogP contribution in [-0.4, -0.2) is 33.6 Å². The first-order chi connectivity index (χ1) is 4.24. The van der Waals surface area contributed by atoms with E-state index in [1.165, 1.54) is 3.11 Å². The first-order valence-corrected chi connectivity index (χ1v) is 3.45. The number of amides is 1. The van der Waals surface area contributed by atoms with Crippen LogP contribution in [0.5, 0.6) is 0 Å². The monoisotopic (exact) mass is 243 g/mol. The summed E-state index contributed by atoms with van der Waals surface area (Å²) in [7, 11) is 0. The van der Waals surface area contributed by atoms with Gasteiger partial charge in [0.25, 0.3) is 0 Å². The molecule has 1 atom stereocenters. The Bertz CT molecular complexity index is 129. The highest BCUT2D eigenvalue weighted by atomic mass is 127. The van der Waals surface area contributed by atoms with Crippen molar-refractivity contribution in [2.45, 2.75) is 6.10 Å². The molecule has 0 radical (unpaired) electrons. The van der Waals surface area contributed by atoms with Crippen LogP contribution in [-0.2, 0) is 4.74 Å². The second-order valence-electron chi connectivity index (χ2n) is 1.73. The van der Waals surface area contributed by atoms with Gasteiger partial charge in [-0.05, 0) is 0 Å². The van der Waals surface area contributed by atoms with Crippen molar-refractivity contribution in [2.24, 2.45) is 0 Å². The van der Waals surface area contributed by atoms with E-state index < -0.39 is 0 Å². The van der Waals surface area contributed by atoms with Crippen molar-refractivity contribution in [3.63, 3.8) is 0 Å². The van der Waals surface area contributed by atoms with E-state index in [4.69, 9.17) is 5.11 Å². The number of aliphatic hydroxyl groups is 1. The number of hydrogen-bond donors (Lipinski definition) is 1. The van der Waals surface area contributed by atoms with Gasteiger partial charge in [0.15, 0.2) is 0 Å². The molecular formula is C4H6INO3. The van der Waals surface area contributed by atoms with Gasteiger partial charge in [-0.1, -0.05) is 0 Å². The lowest BCUT2D eigenvalue weighted by atomic mass is 10.4. The topological polar surface area (TPSA) is 49.8 Å². The maximum atomic E-state index is 10.5. The van der Waals surface area contributed by atoms with Crippen molar-refractivity contribution in [3.8, 4) is 0 Å². The van der Waals surface area contributed by atoms with Crippen molar-refractivity contribution < 1.29 is 14.6 Å². The van der Waals surface area contributed by atoms with Crippen LogP contribution in [0.25, 0.3) is 0 Å². The quantitative estimate of drug-likeness (QED) is 0.526. The van der Waals surface area contributed by atoms with Crippen LogP contribution >= 0.6 is 22.9 Å². The van der Waals surface area contributed by atoms with Crippen molar-refractivity contribution in [1.29, 1.82) is 0 Å². The Morgan fingerprint density at radius 2 is 2.67 bits per heavy atom. The van der Waals surface area contributed by atoms with E-state index in [2.05, 4.69) is 4.74 Å². The molecular weight excluding hydrogens is 237 g/mol. The molecule has 0 aliphatic carbocycles. The normalized spacial score (nSPS) is 26.7. The molecule has 1 N–H and O–H groups in total. The Kier molecular flexibility index (Phi) is 2.12. The molecule has 0 saturated carbocycles. The Balaban J connectivity index is 2.44. The third kappa shape index (κ3) is 1.45. The molecule has 1 saturated heterocycles. The minimum Gasteiger partial charge on any atom is -0.441 e. The SMILES string of the molecule is O=C1O[C@H](CO)CN1I. The van der Waals surface area contributed by atoms with E-state index in [0.29, 0.717) is 6.54 Å². The first-order valence-electron chi connectivity index (χ1n) is 2.49. The molecule has 1 aliphatic rings. The summed E-state index contributed by atoms with van der Waals surface area (Å²) in [6, 6.07) is 0. The lowest BCUT2D eigenvalue weighted by molar-refractivity contribution is 0.0957. The Morgan fingerprint density at radius 1 is 2.00 bits per heavy atom. The first kappa shape index (κ1) is 7.07. The third-order valence-corrected chi connectivity index (χ3v) is 1.82. The number of carbonyl (C=O) groups is 1. The van der Waals surface area contributed by atoms with Gasteiger partial charge in [0.2, 0.25) is 0 Å². The molecule has 9 heavy (non-hydrogen) atoms. The van der Waals surface area contributed by atoms with Gasteiger partial charge in [0, 0.05) is 0 Å². The highest BCUT2D eigenvalue weighted by Gasteiger charge is 2.28. The molecule has 1 aliphatic heterocycles. The summed E-state index contributed by atoms with van der Waals surface area (Å²) in [5, 5.41) is 8.49. The van der Waals surface area contributed by atoms with Crippen LogP contribution < -0.4 is 0 Å². The maximum Gasteiger partial charge on any atom is 0.419 e. The van der Waals surface area contributed by atoms with Gasteiger partial charge in [0.1, 0.15) is 6.10 Å². The number of aliphatic hydroxyl groups excluding tert-OH is 1. The van der Waals surface area contributed by atoms with Crippen molar-refractivity contribution in [2.75, 3.05) is 13.2 Å². The second kappa shape index (κ2) is 2.70. The number of cyclic esters (lactones) is 1. The molecule has 52 valence electrons. The molecule has 1 fully saturated rings. The highest BCUT2D eigenvalue weighted by molar-refractivity contribution is 14.1. The Labute approximate surface area is 66.3 Å². The van der Waals surface area contributed by atoms with Gasteiger partial charge in [-0.3, -0.25) is 0 Å². The van der Waals surface area contributed by atoms with Crippen molar-refractivity contribution in [3.05, 3.63) is 0 Å². The summed E-state index contributed by atoms with van der Waals surface area (Å²) in [4.78, 5) is 10.5. The smallest absolute Gasteiger partial charge is 0.419 e. The Hall–Kier alpha value is -0.0400. The minimum absolute atomic E-state index is 0.0920. The summed E-state index contributed by atoms with van der Waals surface area (Å²) >= 11 is 1.84. The van der Waals surface area contributed by atoms with Crippen molar-refractivity contribution in [1.82, 2.24) is 3.11 Å². The number of ether oxygens (including phenoxy) is 1. The van der Waals surface area contributed by atoms with E-state index in [1.807, 2.05) is 22.9 Å². The molecule has 0 aromatic carbocycles. The lowest BCUT2D eigenvalue weighted by Gasteiger charge is -1.99. The average Bonchev–Trinajstić information content (AvgIpc) is 2.13. The van der Waals surface area contributed by atoms with Crippen LogP contribution in [0.1, 0.15) is 0 Å². The van der Waals surface area contributed by atoms with Gasteiger partial charge < -0.3 is 9.84 Å². The van der Waals surface area contributed by atoms with Gasteiger partial charge in [-0.15, -0.1) is 0 Å². The van der Waals surface area contributed by atoms with Crippen LogP contribution in [0, 0.1) is 0 Å². The predicted octanol–water partition coefficient (Wildman–Crippen LogP) is 0.150. The molecule has 0 aromatic heterocycles. The summed E-state index contributed by atoms with van der Waals surface area (Å²) < 4.78 is 6.05. The molecule has 0 spiro atoms. The molecule has 4 nitrogen and oxygen atoms in total. The van der Waals surface area contributed by atoms with E-state index in [0.717, 1.165) is 0 Å². The highest BCUT2D eigenvalue weighted by Crippen LogP contribution is 2.14. The van der Waals surface area contributed by atoms with Gasteiger partial charge >= 0.3 is 6.09 Å². The number of rotatable bonds is 1. The van der Waals surface area contributed by atoms with E-state index in [9.17, 15) is 4.79 Å². The van der Waals surface area contributed by atoms with E-state index in [1.54, 1.807) is 0 Å². The molecule has 0 aromatic rings. The summed E-state index contributed by atoms with van der Waals surface area (Å²) in [5.74, 6) is 0. The molecule has 1 rings (SSSR count). The van der Waals surface area contributed by atoms with Gasteiger partial charge in [0.05, 0.1) is 36.0 Å². The third-order valence-electron chi connectivity index (χ3n) is 1.03. The molecule has 0 unspecified atom stereocenters. The second-order valence-corrected chi connectivity index (χ2v) is 2.90. The van der Waals surface area contributed by atoms with Crippen molar-refractivity contribution >= 4 is 29.0 Å². The predicted molar refractivity (Wildman–Crippen MR) is 38.1 cm³/mol. The zero-order valence-electron chi connectivity index (χ0n) is 4.58. The van der Waals surface area contributed by atoms with Crippen LogP contribution in [0.4, 0.5) is 4.79 Å². The number of halogens is 1. The molecule has 0 bridgehead atoms. The number of carbonyl (C=O) groups excluding carboxylic acids is 1.